The predicted molar refractivity (Wildman–Crippen MR) is 101 cm³/mol. The molecule has 136 valence electrons. The molecular weight excluding hydrogens is 342 g/mol. The lowest BCUT2D eigenvalue weighted by atomic mass is 10.00. The Kier molecular flexibility index (Phi) is 4.70. The minimum Gasteiger partial charge on any atom is -0.489 e. The molecule has 1 aromatic heterocycles. The Labute approximate surface area is 157 Å². The number of carboxylic acids is 1. The van der Waals surface area contributed by atoms with Crippen molar-refractivity contribution in [3.8, 4) is 5.75 Å². The molecule has 6 heteroatoms. The number of hydrogen-bond donors (Lipinski definition) is 1. The van der Waals surface area contributed by atoms with Crippen molar-refractivity contribution in [3.63, 3.8) is 0 Å². The van der Waals surface area contributed by atoms with Gasteiger partial charge in [0.05, 0.1) is 5.56 Å². The number of fused-ring (bicyclic) bond motifs is 1. The van der Waals surface area contributed by atoms with Gasteiger partial charge in [-0.3, -0.25) is 0 Å². The molecule has 0 radical (unpaired) electrons. The molecule has 6 nitrogen and oxygen atoms in total. The summed E-state index contributed by atoms with van der Waals surface area (Å²) < 4.78 is 5.93. The summed E-state index contributed by atoms with van der Waals surface area (Å²) in [5.41, 5.74) is 3.69. The van der Waals surface area contributed by atoms with Crippen LogP contribution in [0.2, 0.25) is 0 Å². The number of anilines is 1. The molecule has 0 bridgehead atoms. The Balaban J connectivity index is 1.47. The van der Waals surface area contributed by atoms with Gasteiger partial charge >= 0.3 is 5.97 Å². The van der Waals surface area contributed by atoms with Crippen LogP contribution < -0.4 is 9.64 Å². The maximum Gasteiger partial charge on any atom is 0.338 e. The van der Waals surface area contributed by atoms with Crippen molar-refractivity contribution in [2.45, 2.75) is 19.6 Å². The van der Waals surface area contributed by atoms with E-state index in [0.717, 1.165) is 24.3 Å². The van der Waals surface area contributed by atoms with Crippen LogP contribution in [0.5, 0.6) is 5.75 Å². The third kappa shape index (κ3) is 3.89. The molecule has 1 aliphatic heterocycles. The largest absolute Gasteiger partial charge is 0.489 e. The van der Waals surface area contributed by atoms with Gasteiger partial charge in [0.1, 0.15) is 12.4 Å². The molecule has 2 aromatic carbocycles. The number of ether oxygens (including phenoxy) is 1. The third-order valence-corrected chi connectivity index (χ3v) is 4.61. The molecule has 0 spiro atoms. The summed E-state index contributed by atoms with van der Waals surface area (Å²) in [5.74, 6) is 0.355. The SMILES string of the molecule is O=C(O)c1cnc(N2CCc3ccc(OCc4ccccc4)cc3C2)nc1. The van der Waals surface area contributed by atoms with Crippen molar-refractivity contribution < 1.29 is 14.6 Å². The molecule has 0 fully saturated rings. The summed E-state index contributed by atoms with van der Waals surface area (Å²) in [4.78, 5) is 21.4. The Morgan fingerprint density at radius 1 is 1.07 bits per heavy atom. The van der Waals surface area contributed by atoms with Gasteiger partial charge in [-0.05, 0) is 35.2 Å². The van der Waals surface area contributed by atoms with Gasteiger partial charge in [0, 0.05) is 25.5 Å². The van der Waals surface area contributed by atoms with Gasteiger partial charge in [0.25, 0.3) is 0 Å². The molecular formula is C21H19N3O3. The average molecular weight is 361 g/mol. The van der Waals surface area contributed by atoms with Crippen LogP contribution >= 0.6 is 0 Å². The summed E-state index contributed by atoms with van der Waals surface area (Å²) in [7, 11) is 0. The Morgan fingerprint density at radius 3 is 2.59 bits per heavy atom. The van der Waals surface area contributed by atoms with Gasteiger partial charge in [-0.1, -0.05) is 36.4 Å². The van der Waals surface area contributed by atoms with Crippen molar-refractivity contribution in [2.75, 3.05) is 11.4 Å². The second-order valence-corrected chi connectivity index (χ2v) is 6.45. The van der Waals surface area contributed by atoms with Crippen molar-refractivity contribution in [2.24, 2.45) is 0 Å². The molecule has 1 aliphatic rings. The molecule has 27 heavy (non-hydrogen) atoms. The fourth-order valence-corrected chi connectivity index (χ4v) is 3.13. The van der Waals surface area contributed by atoms with Crippen LogP contribution in [-0.4, -0.2) is 27.6 Å². The molecule has 2 heterocycles. The van der Waals surface area contributed by atoms with Gasteiger partial charge in [0.15, 0.2) is 0 Å². The molecule has 4 rings (SSSR count). The molecule has 3 aromatic rings. The van der Waals surface area contributed by atoms with Crippen LogP contribution in [0, 0.1) is 0 Å². The Hall–Kier alpha value is -3.41. The standard InChI is InChI=1S/C21H19N3O3/c25-20(26)18-11-22-21(23-12-18)24-9-8-16-6-7-19(10-17(16)13-24)27-14-15-4-2-1-3-5-15/h1-7,10-12H,8-9,13-14H2,(H,25,26). The topological polar surface area (TPSA) is 75.5 Å². The normalized spacial score (nSPS) is 13.1. The highest BCUT2D eigenvalue weighted by Crippen LogP contribution is 2.26. The van der Waals surface area contributed by atoms with Crippen LogP contribution in [0.15, 0.2) is 60.9 Å². The zero-order chi connectivity index (χ0) is 18.6. The maximum absolute atomic E-state index is 10.9. The second-order valence-electron chi connectivity index (χ2n) is 6.45. The van der Waals surface area contributed by atoms with E-state index in [-0.39, 0.29) is 5.56 Å². The first-order valence-electron chi connectivity index (χ1n) is 8.78. The summed E-state index contributed by atoms with van der Waals surface area (Å²) in [6.45, 7) is 2.00. The quantitative estimate of drug-likeness (QED) is 0.751. The van der Waals surface area contributed by atoms with E-state index in [9.17, 15) is 4.79 Å². The first kappa shape index (κ1) is 17.0. The van der Waals surface area contributed by atoms with E-state index in [1.165, 1.54) is 23.5 Å². The number of rotatable bonds is 5. The molecule has 0 aliphatic carbocycles. The number of benzene rings is 2. The Morgan fingerprint density at radius 2 is 1.85 bits per heavy atom. The van der Waals surface area contributed by atoms with Crippen molar-refractivity contribution in [1.82, 2.24) is 9.97 Å². The fraction of sp³-hybridized carbons (Fsp3) is 0.190. The first-order valence-corrected chi connectivity index (χ1v) is 8.78. The number of aromatic nitrogens is 2. The second kappa shape index (κ2) is 7.45. The lowest BCUT2D eigenvalue weighted by Gasteiger charge is -2.29. The number of nitrogens with zero attached hydrogens (tertiary/aromatic N) is 3. The van der Waals surface area contributed by atoms with E-state index in [1.54, 1.807) is 0 Å². The molecule has 1 N–H and O–H groups in total. The molecule has 0 unspecified atom stereocenters. The highest BCUT2D eigenvalue weighted by molar-refractivity contribution is 5.86. The lowest BCUT2D eigenvalue weighted by Crippen LogP contribution is -2.31. The lowest BCUT2D eigenvalue weighted by molar-refractivity contribution is 0.0696. The summed E-state index contributed by atoms with van der Waals surface area (Å²) in [5, 5.41) is 8.97. The number of carboxylic acid groups (broad SMARTS) is 1. The zero-order valence-electron chi connectivity index (χ0n) is 14.7. The van der Waals surface area contributed by atoms with Crippen molar-refractivity contribution >= 4 is 11.9 Å². The minimum absolute atomic E-state index is 0.0905. The van der Waals surface area contributed by atoms with Gasteiger partial charge in [-0.25, -0.2) is 14.8 Å². The van der Waals surface area contributed by atoms with E-state index in [2.05, 4.69) is 27.0 Å². The number of carbonyl (C=O) groups is 1. The van der Waals surface area contributed by atoms with E-state index < -0.39 is 5.97 Å². The fourth-order valence-electron chi connectivity index (χ4n) is 3.13. The average Bonchev–Trinajstić information content (AvgIpc) is 2.72. The van der Waals surface area contributed by atoms with Gasteiger partial charge in [-0.15, -0.1) is 0 Å². The van der Waals surface area contributed by atoms with E-state index >= 15 is 0 Å². The zero-order valence-corrected chi connectivity index (χ0v) is 14.7. The van der Waals surface area contributed by atoms with E-state index in [1.807, 2.05) is 36.4 Å². The number of hydrogen-bond acceptors (Lipinski definition) is 5. The maximum atomic E-state index is 10.9. The van der Waals surface area contributed by atoms with Crippen LogP contribution in [0.25, 0.3) is 0 Å². The van der Waals surface area contributed by atoms with E-state index in [0.29, 0.717) is 19.1 Å². The van der Waals surface area contributed by atoms with E-state index in [4.69, 9.17) is 9.84 Å². The van der Waals surface area contributed by atoms with Crippen LogP contribution in [0.1, 0.15) is 27.0 Å². The number of aromatic carboxylic acids is 1. The van der Waals surface area contributed by atoms with Crippen molar-refractivity contribution in [1.29, 1.82) is 0 Å². The van der Waals surface area contributed by atoms with Crippen LogP contribution in [0.3, 0.4) is 0 Å². The van der Waals surface area contributed by atoms with Crippen LogP contribution in [0.4, 0.5) is 5.95 Å². The third-order valence-electron chi connectivity index (χ3n) is 4.61. The summed E-state index contributed by atoms with van der Waals surface area (Å²) >= 11 is 0. The molecule has 0 saturated carbocycles. The van der Waals surface area contributed by atoms with Gasteiger partial charge in [-0.2, -0.15) is 0 Å². The van der Waals surface area contributed by atoms with Gasteiger partial charge in [0.2, 0.25) is 5.95 Å². The summed E-state index contributed by atoms with van der Waals surface area (Å²) in [6.07, 6.45) is 3.58. The van der Waals surface area contributed by atoms with Gasteiger partial charge < -0.3 is 14.7 Å². The first-order chi connectivity index (χ1) is 13.2. The highest BCUT2D eigenvalue weighted by Gasteiger charge is 2.19. The molecule has 0 atom stereocenters. The highest BCUT2D eigenvalue weighted by atomic mass is 16.5. The Bertz CT molecular complexity index is 943. The smallest absolute Gasteiger partial charge is 0.338 e. The minimum atomic E-state index is -1.02. The predicted octanol–water partition coefficient (Wildman–Crippen LogP) is 3.32. The van der Waals surface area contributed by atoms with Crippen molar-refractivity contribution in [3.05, 3.63) is 83.2 Å². The summed E-state index contributed by atoms with van der Waals surface area (Å²) in [6, 6.07) is 16.3. The monoisotopic (exact) mass is 361 g/mol. The molecule has 0 saturated heterocycles. The molecule has 0 amide bonds. The van der Waals surface area contributed by atoms with Crippen LogP contribution in [-0.2, 0) is 19.6 Å².